The number of carbonyl (C=O) groups is 1. The van der Waals surface area contributed by atoms with E-state index in [2.05, 4.69) is 35.5 Å². The van der Waals surface area contributed by atoms with Crippen molar-refractivity contribution in [3.05, 3.63) is 77.5 Å². The largest absolute Gasteiger partial charge is 0.361 e. The van der Waals surface area contributed by atoms with Crippen molar-refractivity contribution in [2.24, 2.45) is 0 Å². The first kappa shape index (κ1) is 14.8. The average molecular weight is 316 g/mol. The molecule has 1 N–H and O–H groups in total. The molecule has 0 atom stereocenters. The van der Waals surface area contributed by atoms with Crippen molar-refractivity contribution in [1.29, 1.82) is 0 Å². The summed E-state index contributed by atoms with van der Waals surface area (Å²) in [4.78, 5) is 17.9. The van der Waals surface area contributed by atoms with Crippen molar-refractivity contribution in [3.63, 3.8) is 0 Å². The van der Waals surface area contributed by atoms with Crippen LogP contribution in [-0.4, -0.2) is 28.9 Å². The Labute approximate surface area is 141 Å². The minimum Gasteiger partial charge on any atom is -0.361 e. The summed E-state index contributed by atoms with van der Waals surface area (Å²) in [5.41, 5.74) is 5.63. The molecule has 2 heterocycles. The third-order valence-electron chi connectivity index (χ3n) is 4.70. The van der Waals surface area contributed by atoms with Crippen LogP contribution < -0.4 is 0 Å². The number of hydrogen-bond acceptors (Lipinski definition) is 1. The Hall–Kier alpha value is -2.81. The van der Waals surface area contributed by atoms with E-state index in [0.717, 1.165) is 29.6 Å². The summed E-state index contributed by atoms with van der Waals surface area (Å²) in [7, 11) is 0. The molecule has 0 aliphatic carbocycles. The number of benzene rings is 2. The summed E-state index contributed by atoms with van der Waals surface area (Å²) >= 11 is 0. The number of fused-ring (bicyclic) bond motifs is 1. The van der Waals surface area contributed by atoms with Crippen molar-refractivity contribution in [3.8, 4) is 0 Å². The first-order valence-corrected chi connectivity index (χ1v) is 8.34. The zero-order valence-corrected chi connectivity index (χ0v) is 13.8. The highest BCUT2D eigenvalue weighted by molar-refractivity contribution is 5.96. The molecular formula is C21H20N2O. The number of carbonyl (C=O) groups excluding carboxylic acids is 1. The topological polar surface area (TPSA) is 36.1 Å². The molecule has 0 fully saturated rings. The molecule has 1 aromatic heterocycles. The lowest BCUT2D eigenvalue weighted by Crippen LogP contribution is -2.34. The quantitative estimate of drug-likeness (QED) is 0.747. The molecule has 3 heteroatoms. The zero-order valence-electron chi connectivity index (χ0n) is 13.8. The van der Waals surface area contributed by atoms with E-state index in [1.807, 2.05) is 42.2 Å². The molecule has 0 saturated carbocycles. The van der Waals surface area contributed by atoms with Crippen LogP contribution in [0.25, 0.3) is 16.5 Å². The number of aryl methyl sites for hydroxylation is 1. The highest BCUT2D eigenvalue weighted by atomic mass is 16.2. The second-order valence-corrected chi connectivity index (χ2v) is 6.35. The molecule has 24 heavy (non-hydrogen) atoms. The van der Waals surface area contributed by atoms with Gasteiger partial charge in [-0.15, -0.1) is 0 Å². The molecule has 120 valence electrons. The average Bonchev–Trinajstić information content (AvgIpc) is 3.05. The van der Waals surface area contributed by atoms with Gasteiger partial charge in [-0.2, -0.15) is 0 Å². The Bertz CT molecular complexity index is 936. The minimum absolute atomic E-state index is 0.118. The van der Waals surface area contributed by atoms with Gasteiger partial charge in [-0.05, 0) is 37.1 Å². The number of para-hydroxylation sites is 1. The molecule has 1 aliphatic rings. The van der Waals surface area contributed by atoms with Gasteiger partial charge in [-0.1, -0.05) is 42.0 Å². The molecule has 0 spiro atoms. The first-order chi connectivity index (χ1) is 11.7. The summed E-state index contributed by atoms with van der Waals surface area (Å²) in [5, 5.41) is 1.25. The third kappa shape index (κ3) is 2.62. The maximum Gasteiger partial charge on any atom is 0.254 e. The van der Waals surface area contributed by atoms with Gasteiger partial charge in [0.1, 0.15) is 0 Å². The minimum atomic E-state index is 0.118. The highest BCUT2D eigenvalue weighted by Gasteiger charge is 2.20. The Morgan fingerprint density at radius 2 is 2.00 bits per heavy atom. The lowest BCUT2D eigenvalue weighted by atomic mass is 9.98. The van der Waals surface area contributed by atoms with Crippen molar-refractivity contribution in [2.45, 2.75) is 13.3 Å². The van der Waals surface area contributed by atoms with E-state index < -0.39 is 0 Å². The molecule has 0 radical (unpaired) electrons. The van der Waals surface area contributed by atoms with Gasteiger partial charge in [-0.25, -0.2) is 0 Å². The maximum absolute atomic E-state index is 12.6. The number of nitrogens with zero attached hydrogens (tertiary/aromatic N) is 1. The summed E-state index contributed by atoms with van der Waals surface area (Å²) in [6.45, 7) is 3.45. The number of H-pyrrole nitrogens is 1. The fraction of sp³-hybridized carbons (Fsp3) is 0.190. The predicted octanol–water partition coefficient (Wildman–Crippen LogP) is 4.41. The van der Waals surface area contributed by atoms with Crippen LogP contribution in [0.2, 0.25) is 0 Å². The van der Waals surface area contributed by atoms with Crippen LogP contribution in [0.15, 0.2) is 60.8 Å². The molecule has 3 nitrogen and oxygen atoms in total. The normalized spacial score (nSPS) is 14.7. The zero-order chi connectivity index (χ0) is 16.5. The van der Waals surface area contributed by atoms with Crippen LogP contribution in [0.1, 0.15) is 27.9 Å². The number of nitrogens with one attached hydrogen (secondary N) is 1. The van der Waals surface area contributed by atoms with Crippen LogP contribution in [0.3, 0.4) is 0 Å². The molecule has 0 saturated heterocycles. The molecule has 0 bridgehead atoms. The van der Waals surface area contributed by atoms with E-state index >= 15 is 0 Å². The third-order valence-corrected chi connectivity index (χ3v) is 4.70. The molecular weight excluding hydrogens is 296 g/mol. The molecule has 3 aromatic rings. The van der Waals surface area contributed by atoms with E-state index in [9.17, 15) is 4.79 Å². The van der Waals surface area contributed by atoms with E-state index in [1.165, 1.54) is 16.5 Å². The first-order valence-electron chi connectivity index (χ1n) is 8.34. The monoisotopic (exact) mass is 316 g/mol. The smallest absolute Gasteiger partial charge is 0.254 e. The van der Waals surface area contributed by atoms with Crippen LogP contribution in [-0.2, 0) is 0 Å². The second kappa shape index (κ2) is 6.00. The highest BCUT2D eigenvalue weighted by Crippen LogP contribution is 2.29. The van der Waals surface area contributed by atoms with E-state index in [0.29, 0.717) is 6.54 Å². The van der Waals surface area contributed by atoms with E-state index in [1.54, 1.807) is 0 Å². The summed E-state index contributed by atoms with van der Waals surface area (Å²) in [5.74, 6) is 0.118. The Morgan fingerprint density at radius 3 is 2.79 bits per heavy atom. The number of aromatic nitrogens is 1. The van der Waals surface area contributed by atoms with Gasteiger partial charge in [0.15, 0.2) is 0 Å². The van der Waals surface area contributed by atoms with Crippen molar-refractivity contribution >= 4 is 22.4 Å². The number of rotatable bonds is 2. The van der Waals surface area contributed by atoms with Gasteiger partial charge in [0.25, 0.3) is 5.91 Å². The van der Waals surface area contributed by atoms with Gasteiger partial charge < -0.3 is 9.88 Å². The fourth-order valence-electron chi connectivity index (χ4n) is 3.40. The van der Waals surface area contributed by atoms with Crippen LogP contribution in [0, 0.1) is 6.92 Å². The SMILES string of the molecule is Cc1cccc(C(=O)N2CC=C(c3c[nH]c4ccccc34)CC2)c1. The Kier molecular flexibility index (Phi) is 3.69. The van der Waals surface area contributed by atoms with E-state index in [4.69, 9.17) is 0 Å². The second-order valence-electron chi connectivity index (χ2n) is 6.35. The molecule has 1 amide bonds. The lowest BCUT2D eigenvalue weighted by molar-refractivity contribution is 0.0773. The lowest BCUT2D eigenvalue weighted by Gasteiger charge is -2.26. The Balaban J connectivity index is 1.56. The van der Waals surface area contributed by atoms with Crippen LogP contribution >= 0.6 is 0 Å². The molecule has 2 aromatic carbocycles. The Morgan fingerprint density at radius 1 is 1.12 bits per heavy atom. The summed E-state index contributed by atoms with van der Waals surface area (Å²) in [6.07, 6.45) is 5.15. The van der Waals surface area contributed by atoms with Gasteiger partial charge in [0, 0.05) is 41.3 Å². The number of hydrogen-bond donors (Lipinski definition) is 1. The predicted molar refractivity (Wildman–Crippen MR) is 98.0 cm³/mol. The molecule has 1 aliphatic heterocycles. The maximum atomic E-state index is 12.6. The van der Waals surface area contributed by atoms with Crippen molar-refractivity contribution in [2.75, 3.05) is 13.1 Å². The molecule has 0 unspecified atom stereocenters. The summed E-state index contributed by atoms with van der Waals surface area (Å²) < 4.78 is 0. The number of aromatic amines is 1. The fourth-order valence-corrected chi connectivity index (χ4v) is 3.40. The van der Waals surface area contributed by atoms with Gasteiger partial charge in [0.2, 0.25) is 0 Å². The van der Waals surface area contributed by atoms with Crippen LogP contribution in [0.4, 0.5) is 0 Å². The van der Waals surface area contributed by atoms with Crippen LogP contribution in [0.5, 0.6) is 0 Å². The van der Waals surface area contributed by atoms with Crippen molar-refractivity contribution < 1.29 is 4.79 Å². The molecule has 4 rings (SSSR count). The number of amides is 1. The van der Waals surface area contributed by atoms with E-state index in [-0.39, 0.29) is 5.91 Å². The standard InChI is InChI=1S/C21H20N2O/c1-15-5-4-6-17(13-15)21(24)23-11-9-16(10-12-23)19-14-22-20-8-3-2-7-18(19)20/h2-9,13-14,22H,10-12H2,1H3. The van der Waals surface area contributed by atoms with Gasteiger partial charge in [0.05, 0.1) is 0 Å². The van der Waals surface area contributed by atoms with Crippen molar-refractivity contribution in [1.82, 2.24) is 9.88 Å². The van der Waals surface area contributed by atoms with Gasteiger partial charge >= 0.3 is 0 Å². The summed E-state index contributed by atoms with van der Waals surface area (Å²) in [6, 6.07) is 16.2. The van der Waals surface area contributed by atoms with Gasteiger partial charge in [-0.3, -0.25) is 4.79 Å².